The van der Waals surface area contributed by atoms with Crippen molar-refractivity contribution in [1.82, 2.24) is 24.8 Å². The Labute approximate surface area is 198 Å². The van der Waals surface area contributed by atoms with Crippen LogP contribution in [0.25, 0.3) is 17.1 Å². The van der Waals surface area contributed by atoms with Crippen molar-refractivity contribution in [3.63, 3.8) is 0 Å². The smallest absolute Gasteiger partial charge is 0.251 e. The molecule has 1 aliphatic heterocycles. The maximum atomic E-state index is 12.1. The van der Waals surface area contributed by atoms with Gasteiger partial charge in [0.05, 0.1) is 12.0 Å². The molecule has 0 radical (unpaired) electrons. The number of carbonyl (C=O) groups is 1. The summed E-state index contributed by atoms with van der Waals surface area (Å²) in [5, 5.41) is 6.30. The lowest BCUT2D eigenvalue weighted by Crippen LogP contribution is -2.33. The SMILES string of the molecule is Cc1cc(-c2nccc(Nc3ccc4c(c3)C(C)CNC4=O)n2)ccc1-n1cnc(C2CC2)c1. The standard InChI is InChI=1S/C27H26N6O/c1-16-11-19(5-8-24(16)33-14-23(30-15-33)18-3-4-18)26-28-10-9-25(32-26)31-20-6-7-21-22(12-20)17(2)13-29-27(21)34/h5-12,14-15,17-18H,3-4,13H2,1-2H3,(H,29,34)(H,28,31,32). The number of hydrogen-bond donors (Lipinski definition) is 2. The number of fused-ring (bicyclic) bond motifs is 1. The summed E-state index contributed by atoms with van der Waals surface area (Å²) in [7, 11) is 0. The fraction of sp³-hybridized carbons (Fsp3) is 0.259. The second kappa shape index (κ2) is 8.09. The highest BCUT2D eigenvalue weighted by Crippen LogP contribution is 2.39. The number of rotatable bonds is 5. The Morgan fingerprint density at radius 3 is 2.79 bits per heavy atom. The normalized spacial score (nSPS) is 17.2. The Balaban J connectivity index is 1.25. The zero-order valence-electron chi connectivity index (χ0n) is 19.2. The molecule has 6 rings (SSSR count). The second-order valence-corrected chi connectivity index (χ2v) is 9.28. The van der Waals surface area contributed by atoms with Crippen LogP contribution in [0.2, 0.25) is 0 Å². The molecule has 3 heterocycles. The Bertz CT molecular complexity index is 1400. The molecule has 2 aliphatic rings. The van der Waals surface area contributed by atoms with E-state index in [1.54, 1.807) is 6.20 Å². The quantitative estimate of drug-likeness (QED) is 0.442. The predicted octanol–water partition coefficient (Wildman–Crippen LogP) is 5.11. The Hall–Kier alpha value is -4.00. The number of hydrogen-bond acceptors (Lipinski definition) is 5. The van der Waals surface area contributed by atoms with Crippen LogP contribution in [0.5, 0.6) is 0 Å². The van der Waals surface area contributed by atoms with Gasteiger partial charge in [0.25, 0.3) is 5.91 Å². The monoisotopic (exact) mass is 450 g/mol. The van der Waals surface area contributed by atoms with Gasteiger partial charge in [0.2, 0.25) is 0 Å². The van der Waals surface area contributed by atoms with Gasteiger partial charge in [-0.05, 0) is 79.3 Å². The van der Waals surface area contributed by atoms with Gasteiger partial charge in [-0.2, -0.15) is 0 Å². The number of carbonyl (C=O) groups excluding carboxylic acids is 1. The van der Waals surface area contributed by atoms with Crippen molar-refractivity contribution in [2.45, 2.75) is 38.5 Å². The molecule has 170 valence electrons. The van der Waals surface area contributed by atoms with E-state index in [-0.39, 0.29) is 11.8 Å². The number of benzene rings is 2. The minimum Gasteiger partial charge on any atom is -0.351 e. The van der Waals surface area contributed by atoms with Gasteiger partial charge in [0.1, 0.15) is 5.82 Å². The number of anilines is 2. The third-order valence-corrected chi connectivity index (χ3v) is 6.66. The van der Waals surface area contributed by atoms with Crippen LogP contribution in [0.15, 0.2) is 61.2 Å². The van der Waals surface area contributed by atoms with E-state index >= 15 is 0 Å². The van der Waals surface area contributed by atoms with Crippen molar-refractivity contribution in [2.75, 3.05) is 11.9 Å². The molecular weight excluding hydrogens is 424 g/mol. The van der Waals surface area contributed by atoms with E-state index in [0.717, 1.165) is 33.6 Å². The lowest BCUT2D eigenvalue weighted by atomic mass is 9.91. The number of nitrogens with zero attached hydrogens (tertiary/aromatic N) is 4. The van der Waals surface area contributed by atoms with E-state index in [0.29, 0.717) is 24.1 Å². The zero-order chi connectivity index (χ0) is 23.2. The van der Waals surface area contributed by atoms with Gasteiger partial charge >= 0.3 is 0 Å². The van der Waals surface area contributed by atoms with Gasteiger partial charge < -0.3 is 15.2 Å². The van der Waals surface area contributed by atoms with Gasteiger partial charge in [0, 0.05) is 47.4 Å². The zero-order valence-corrected chi connectivity index (χ0v) is 19.2. The topological polar surface area (TPSA) is 84.7 Å². The molecule has 34 heavy (non-hydrogen) atoms. The largest absolute Gasteiger partial charge is 0.351 e. The minimum atomic E-state index is -0.0118. The van der Waals surface area contributed by atoms with Crippen molar-refractivity contribution in [3.05, 3.63) is 83.6 Å². The Morgan fingerprint density at radius 2 is 1.97 bits per heavy atom. The molecule has 4 aromatic rings. The average Bonchev–Trinajstić information content (AvgIpc) is 3.59. The molecule has 2 aromatic heterocycles. The predicted molar refractivity (Wildman–Crippen MR) is 132 cm³/mol. The molecule has 0 spiro atoms. The van der Waals surface area contributed by atoms with Crippen LogP contribution < -0.4 is 10.6 Å². The molecule has 1 amide bonds. The molecule has 0 bridgehead atoms. The first kappa shape index (κ1) is 20.6. The summed E-state index contributed by atoms with van der Waals surface area (Å²) in [4.78, 5) is 25.9. The van der Waals surface area contributed by atoms with Crippen LogP contribution in [0.1, 0.15) is 58.8 Å². The Morgan fingerprint density at radius 1 is 1.09 bits per heavy atom. The van der Waals surface area contributed by atoms with Crippen LogP contribution >= 0.6 is 0 Å². The molecule has 7 nitrogen and oxygen atoms in total. The summed E-state index contributed by atoms with van der Waals surface area (Å²) in [5.74, 6) is 2.27. The van der Waals surface area contributed by atoms with Gasteiger partial charge in [-0.3, -0.25) is 4.79 Å². The van der Waals surface area contributed by atoms with Crippen molar-refractivity contribution < 1.29 is 4.79 Å². The van der Waals surface area contributed by atoms with Crippen molar-refractivity contribution >= 4 is 17.4 Å². The lowest BCUT2D eigenvalue weighted by molar-refractivity contribution is 0.0941. The third-order valence-electron chi connectivity index (χ3n) is 6.66. The van der Waals surface area contributed by atoms with Crippen LogP contribution in [-0.2, 0) is 0 Å². The maximum Gasteiger partial charge on any atom is 0.251 e. The lowest BCUT2D eigenvalue weighted by Gasteiger charge is -2.23. The molecule has 1 saturated carbocycles. The molecule has 7 heteroatoms. The van der Waals surface area contributed by atoms with E-state index in [1.165, 1.54) is 18.5 Å². The number of nitrogens with one attached hydrogen (secondary N) is 2. The van der Waals surface area contributed by atoms with Crippen LogP contribution in [0.3, 0.4) is 0 Å². The van der Waals surface area contributed by atoms with Crippen molar-refractivity contribution in [2.24, 2.45) is 0 Å². The molecule has 2 aromatic carbocycles. The summed E-state index contributed by atoms with van der Waals surface area (Å²) in [6.45, 7) is 4.87. The van der Waals surface area contributed by atoms with E-state index in [9.17, 15) is 4.79 Å². The molecule has 0 saturated heterocycles. The fourth-order valence-corrected chi connectivity index (χ4v) is 4.57. The molecular formula is C27H26N6O. The minimum absolute atomic E-state index is 0.0118. The first-order chi connectivity index (χ1) is 16.5. The number of amides is 1. The summed E-state index contributed by atoms with van der Waals surface area (Å²) in [6.07, 6.45) is 8.30. The van der Waals surface area contributed by atoms with Gasteiger partial charge in [0.15, 0.2) is 5.82 Å². The fourth-order valence-electron chi connectivity index (χ4n) is 4.57. The molecule has 1 fully saturated rings. The van der Waals surface area contributed by atoms with Gasteiger partial charge in [-0.25, -0.2) is 15.0 Å². The van der Waals surface area contributed by atoms with Crippen molar-refractivity contribution in [3.8, 4) is 17.1 Å². The molecule has 1 aliphatic carbocycles. The summed E-state index contributed by atoms with van der Waals surface area (Å²) in [5.41, 5.74) is 7.10. The van der Waals surface area contributed by atoms with Crippen LogP contribution in [0.4, 0.5) is 11.5 Å². The van der Waals surface area contributed by atoms with Gasteiger partial charge in [-0.1, -0.05) is 6.92 Å². The Kier molecular flexibility index (Phi) is 4.90. The highest BCUT2D eigenvalue weighted by molar-refractivity contribution is 5.97. The van der Waals surface area contributed by atoms with Crippen LogP contribution in [-0.4, -0.2) is 32.0 Å². The van der Waals surface area contributed by atoms with E-state index in [2.05, 4.69) is 63.4 Å². The highest BCUT2D eigenvalue weighted by Gasteiger charge is 2.26. The first-order valence-electron chi connectivity index (χ1n) is 11.7. The van der Waals surface area contributed by atoms with E-state index in [4.69, 9.17) is 4.98 Å². The summed E-state index contributed by atoms with van der Waals surface area (Å²) < 4.78 is 2.10. The number of aromatic nitrogens is 4. The van der Waals surface area contributed by atoms with E-state index in [1.807, 2.05) is 30.6 Å². The molecule has 1 atom stereocenters. The number of imidazole rings is 1. The summed E-state index contributed by atoms with van der Waals surface area (Å²) in [6, 6.07) is 14.0. The average molecular weight is 451 g/mol. The third kappa shape index (κ3) is 3.83. The van der Waals surface area contributed by atoms with E-state index < -0.39 is 0 Å². The second-order valence-electron chi connectivity index (χ2n) is 9.28. The van der Waals surface area contributed by atoms with Crippen LogP contribution in [0, 0.1) is 6.92 Å². The first-order valence-corrected chi connectivity index (χ1v) is 11.7. The highest BCUT2D eigenvalue weighted by atomic mass is 16.1. The molecule has 2 N–H and O–H groups in total. The van der Waals surface area contributed by atoms with Crippen molar-refractivity contribution in [1.29, 1.82) is 0 Å². The van der Waals surface area contributed by atoms with Gasteiger partial charge in [-0.15, -0.1) is 0 Å². The number of aryl methyl sites for hydroxylation is 1. The summed E-state index contributed by atoms with van der Waals surface area (Å²) >= 11 is 0. The maximum absolute atomic E-state index is 12.1. The molecule has 1 unspecified atom stereocenters.